The molecule has 86 valence electrons. The highest BCUT2D eigenvalue weighted by molar-refractivity contribution is 6.31. The first kappa shape index (κ1) is 13.0. The van der Waals surface area contributed by atoms with Gasteiger partial charge in [0, 0.05) is 24.9 Å². The minimum absolute atomic E-state index is 0.265. The van der Waals surface area contributed by atoms with Crippen molar-refractivity contribution in [2.45, 2.75) is 32.7 Å². The molecule has 0 aliphatic heterocycles. The highest BCUT2D eigenvalue weighted by Gasteiger charge is 2.12. The monoisotopic (exact) mass is 236 g/mol. The van der Waals surface area contributed by atoms with E-state index in [4.69, 9.17) is 11.6 Å². The van der Waals surface area contributed by atoms with Gasteiger partial charge in [0.1, 0.15) is 0 Å². The Hall–Kier alpha value is -1.04. The van der Waals surface area contributed by atoms with E-state index in [2.05, 4.69) is 29.1 Å². The second kappa shape index (κ2) is 7.27. The van der Waals surface area contributed by atoms with Gasteiger partial charge in [-0.1, -0.05) is 18.5 Å². The van der Waals surface area contributed by atoms with Gasteiger partial charge < -0.3 is 5.32 Å². The quantitative estimate of drug-likeness (QED) is 0.795. The number of nitrogens with one attached hydrogen (secondary N) is 1. The number of aromatic nitrogens is 1. The average molecular weight is 237 g/mol. The molecular weight excluding hydrogens is 220 g/mol. The van der Waals surface area contributed by atoms with Crippen LogP contribution in [-0.4, -0.2) is 11.5 Å². The molecule has 0 amide bonds. The maximum absolute atomic E-state index is 6.13. The summed E-state index contributed by atoms with van der Waals surface area (Å²) in [5.74, 6) is 5.99. The first-order chi connectivity index (χ1) is 7.79. The molecule has 1 atom stereocenters. The summed E-state index contributed by atoms with van der Waals surface area (Å²) in [6, 6.07) is 2.23. The molecule has 1 aromatic rings. The van der Waals surface area contributed by atoms with Gasteiger partial charge in [-0.25, -0.2) is 0 Å². The maximum atomic E-state index is 6.13. The van der Waals surface area contributed by atoms with E-state index in [-0.39, 0.29) is 6.04 Å². The van der Waals surface area contributed by atoms with Gasteiger partial charge in [-0.05, 0) is 31.5 Å². The average Bonchev–Trinajstić information content (AvgIpc) is 2.29. The molecule has 1 N–H and O–H groups in total. The van der Waals surface area contributed by atoms with Gasteiger partial charge in [-0.2, -0.15) is 0 Å². The van der Waals surface area contributed by atoms with E-state index in [1.165, 1.54) is 0 Å². The highest BCUT2D eigenvalue weighted by atomic mass is 35.5. The van der Waals surface area contributed by atoms with Crippen molar-refractivity contribution in [1.29, 1.82) is 0 Å². The van der Waals surface area contributed by atoms with Crippen molar-refractivity contribution in [2.75, 3.05) is 6.54 Å². The Morgan fingerprint density at radius 2 is 2.38 bits per heavy atom. The third-order valence-electron chi connectivity index (χ3n) is 2.36. The lowest BCUT2D eigenvalue weighted by molar-refractivity contribution is 0.522. The van der Waals surface area contributed by atoms with E-state index in [0.29, 0.717) is 0 Å². The van der Waals surface area contributed by atoms with Crippen LogP contribution < -0.4 is 5.32 Å². The van der Waals surface area contributed by atoms with Gasteiger partial charge in [-0.15, -0.1) is 11.8 Å². The minimum atomic E-state index is 0.265. The van der Waals surface area contributed by atoms with E-state index in [1.54, 1.807) is 12.4 Å². The van der Waals surface area contributed by atoms with Crippen molar-refractivity contribution < 1.29 is 0 Å². The predicted molar refractivity (Wildman–Crippen MR) is 68.3 cm³/mol. The molecule has 0 spiro atoms. The fourth-order valence-corrected chi connectivity index (χ4v) is 1.88. The fraction of sp³-hybridized carbons (Fsp3) is 0.462. The molecule has 1 rings (SSSR count). The van der Waals surface area contributed by atoms with Crippen molar-refractivity contribution in [2.24, 2.45) is 0 Å². The summed E-state index contributed by atoms with van der Waals surface area (Å²) in [6.45, 7) is 4.87. The third kappa shape index (κ3) is 3.84. The third-order valence-corrected chi connectivity index (χ3v) is 2.68. The Morgan fingerprint density at radius 1 is 1.56 bits per heavy atom. The molecule has 1 aromatic heterocycles. The lowest BCUT2D eigenvalue weighted by Gasteiger charge is -2.18. The SMILES string of the molecule is CC#CCCC(NCC)c1ccncc1Cl. The normalized spacial score (nSPS) is 11.7. The van der Waals surface area contributed by atoms with Crippen LogP contribution in [0.5, 0.6) is 0 Å². The summed E-state index contributed by atoms with van der Waals surface area (Å²) in [5.41, 5.74) is 1.11. The van der Waals surface area contributed by atoms with Gasteiger partial charge >= 0.3 is 0 Å². The zero-order chi connectivity index (χ0) is 11.8. The number of halogens is 1. The first-order valence-electron chi connectivity index (χ1n) is 5.52. The molecule has 0 radical (unpaired) electrons. The summed E-state index contributed by atoms with van der Waals surface area (Å²) in [6.07, 6.45) is 5.31. The van der Waals surface area contributed by atoms with Crippen LogP contribution in [0.4, 0.5) is 0 Å². The van der Waals surface area contributed by atoms with Gasteiger partial charge in [0.15, 0.2) is 0 Å². The fourth-order valence-electron chi connectivity index (χ4n) is 1.62. The zero-order valence-corrected chi connectivity index (χ0v) is 10.5. The highest BCUT2D eigenvalue weighted by Crippen LogP contribution is 2.24. The van der Waals surface area contributed by atoms with E-state index in [0.717, 1.165) is 30.0 Å². The second-order valence-electron chi connectivity index (χ2n) is 3.47. The van der Waals surface area contributed by atoms with Crippen LogP contribution in [0.15, 0.2) is 18.5 Å². The van der Waals surface area contributed by atoms with Crippen molar-refractivity contribution >= 4 is 11.6 Å². The molecule has 2 nitrogen and oxygen atoms in total. The standard InChI is InChI=1S/C13H17ClN2/c1-3-5-6-7-13(16-4-2)11-8-9-15-10-12(11)14/h8-10,13,16H,4,6-7H2,1-2H3. The number of hydrogen-bond donors (Lipinski definition) is 1. The Bertz CT molecular complexity index is 379. The molecule has 3 heteroatoms. The Morgan fingerprint density at radius 3 is 3.00 bits per heavy atom. The Balaban J connectivity index is 2.75. The lowest BCUT2D eigenvalue weighted by Crippen LogP contribution is -2.21. The van der Waals surface area contributed by atoms with Crippen LogP contribution in [0, 0.1) is 11.8 Å². The summed E-state index contributed by atoms with van der Waals surface area (Å²) < 4.78 is 0. The second-order valence-corrected chi connectivity index (χ2v) is 3.88. The molecule has 1 unspecified atom stereocenters. The van der Waals surface area contributed by atoms with E-state index in [1.807, 2.05) is 13.0 Å². The summed E-state index contributed by atoms with van der Waals surface area (Å²) in [7, 11) is 0. The Labute approximate surface area is 102 Å². The Kier molecular flexibility index (Phi) is 5.92. The molecule has 0 saturated carbocycles. The zero-order valence-electron chi connectivity index (χ0n) is 9.76. The smallest absolute Gasteiger partial charge is 0.0637 e. The van der Waals surface area contributed by atoms with Crippen LogP contribution in [0.1, 0.15) is 38.3 Å². The number of nitrogens with zero attached hydrogens (tertiary/aromatic N) is 1. The molecule has 0 fully saturated rings. The van der Waals surface area contributed by atoms with Crippen molar-refractivity contribution in [1.82, 2.24) is 10.3 Å². The van der Waals surface area contributed by atoms with Crippen molar-refractivity contribution in [3.63, 3.8) is 0 Å². The lowest BCUT2D eigenvalue weighted by atomic mass is 10.0. The number of rotatable bonds is 5. The van der Waals surface area contributed by atoms with Crippen molar-refractivity contribution in [3.8, 4) is 11.8 Å². The molecular formula is C13H17ClN2. The van der Waals surface area contributed by atoms with Gasteiger partial charge in [0.05, 0.1) is 5.02 Å². The van der Waals surface area contributed by atoms with Gasteiger partial charge in [0.25, 0.3) is 0 Å². The maximum Gasteiger partial charge on any atom is 0.0637 e. The molecule has 0 saturated heterocycles. The molecule has 1 heterocycles. The van der Waals surface area contributed by atoms with Crippen LogP contribution in [0.25, 0.3) is 0 Å². The summed E-state index contributed by atoms with van der Waals surface area (Å²) in [4.78, 5) is 4.00. The largest absolute Gasteiger partial charge is 0.310 e. The van der Waals surface area contributed by atoms with Crippen LogP contribution in [-0.2, 0) is 0 Å². The van der Waals surface area contributed by atoms with Crippen LogP contribution >= 0.6 is 11.6 Å². The summed E-state index contributed by atoms with van der Waals surface area (Å²) in [5, 5.41) is 4.14. The molecule has 16 heavy (non-hydrogen) atoms. The topological polar surface area (TPSA) is 24.9 Å². The number of pyridine rings is 1. The molecule has 0 aliphatic rings. The summed E-state index contributed by atoms with van der Waals surface area (Å²) >= 11 is 6.13. The molecule has 0 aromatic carbocycles. The van der Waals surface area contributed by atoms with Crippen LogP contribution in [0.3, 0.4) is 0 Å². The van der Waals surface area contributed by atoms with E-state index in [9.17, 15) is 0 Å². The molecule has 0 aliphatic carbocycles. The minimum Gasteiger partial charge on any atom is -0.310 e. The van der Waals surface area contributed by atoms with E-state index < -0.39 is 0 Å². The predicted octanol–water partition coefficient (Wildman–Crippen LogP) is 3.19. The van der Waals surface area contributed by atoms with Gasteiger partial charge in [-0.3, -0.25) is 4.98 Å². The molecule has 0 bridgehead atoms. The van der Waals surface area contributed by atoms with Crippen molar-refractivity contribution in [3.05, 3.63) is 29.0 Å². The first-order valence-corrected chi connectivity index (χ1v) is 5.89. The van der Waals surface area contributed by atoms with E-state index >= 15 is 0 Å². The van der Waals surface area contributed by atoms with Crippen LogP contribution in [0.2, 0.25) is 5.02 Å². The number of hydrogen-bond acceptors (Lipinski definition) is 2. The van der Waals surface area contributed by atoms with Gasteiger partial charge in [0.2, 0.25) is 0 Å².